The molecule has 3 nitrogen and oxygen atoms in total. The predicted molar refractivity (Wildman–Crippen MR) is 108 cm³/mol. The Kier molecular flexibility index (Phi) is 4.67. The van der Waals surface area contributed by atoms with Gasteiger partial charge in [-0.15, -0.1) is 0 Å². The zero-order valence-corrected chi connectivity index (χ0v) is 16.7. The molecule has 1 saturated carbocycles. The molecule has 0 spiro atoms. The number of rotatable bonds is 3. The molecular formula is C24H30O3. The average molecular weight is 367 g/mol. The molecule has 0 aromatic heterocycles. The lowest BCUT2D eigenvalue weighted by Crippen LogP contribution is -2.38. The van der Waals surface area contributed by atoms with Gasteiger partial charge in [0, 0.05) is 5.92 Å². The highest BCUT2D eigenvalue weighted by molar-refractivity contribution is 5.45. The fraction of sp³-hybridized carbons (Fsp3) is 0.500. The van der Waals surface area contributed by atoms with Crippen molar-refractivity contribution in [3.8, 4) is 11.5 Å². The van der Waals surface area contributed by atoms with Gasteiger partial charge >= 0.3 is 0 Å². The second-order valence-corrected chi connectivity index (χ2v) is 8.92. The molecule has 1 N–H and O–H groups in total. The van der Waals surface area contributed by atoms with Gasteiger partial charge in [0.2, 0.25) is 0 Å². The SMILES string of the molecule is COc1ccc(C2C(O)c3ccc(OC)cc3[C@@H]3CC(C)(C)CC[C@H]23)cc1. The Hall–Kier alpha value is -2.00. The molecule has 2 aliphatic rings. The molecule has 0 radical (unpaired) electrons. The van der Waals surface area contributed by atoms with Crippen molar-refractivity contribution < 1.29 is 14.6 Å². The summed E-state index contributed by atoms with van der Waals surface area (Å²) in [6.07, 6.45) is 3.01. The van der Waals surface area contributed by atoms with Gasteiger partial charge in [-0.25, -0.2) is 0 Å². The maximum absolute atomic E-state index is 11.4. The van der Waals surface area contributed by atoms with Crippen LogP contribution in [-0.2, 0) is 0 Å². The van der Waals surface area contributed by atoms with Gasteiger partial charge in [-0.1, -0.05) is 32.0 Å². The van der Waals surface area contributed by atoms with Crippen molar-refractivity contribution in [3.05, 3.63) is 59.2 Å². The third-order valence-corrected chi connectivity index (χ3v) is 6.76. The van der Waals surface area contributed by atoms with E-state index in [0.717, 1.165) is 29.9 Å². The minimum atomic E-state index is -0.484. The van der Waals surface area contributed by atoms with Gasteiger partial charge in [-0.2, -0.15) is 0 Å². The number of benzene rings is 2. The Labute approximate surface area is 162 Å². The smallest absolute Gasteiger partial charge is 0.119 e. The lowest BCUT2D eigenvalue weighted by molar-refractivity contribution is 0.0488. The van der Waals surface area contributed by atoms with E-state index in [-0.39, 0.29) is 5.92 Å². The Morgan fingerprint density at radius 1 is 0.926 bits per heavy atom. The van der Waals surface area contributed by atoms with Crippen molar-refractivity contribution in [3.63, 3.8) is 0 Å². The summed E-state index contributed by atoms with van der Waals surface area (Å²) in [5, 5.41) is 11.4. The number of hydrogen-bond acceptors (Lipinski definition) is 3. The van der Waals surface area contributed by atoms with E-state index in [2.05, 4.69) is 38.1 Å². The number of aliphatic hydroxyl groups excluding tert-OH is 1. The normalized spacial score (nSPS) is 28.8. The van der Waals surface area contributed by atoms with E-state index in [1.807, 2.05) is 18.2 Å². The Morgan fingerprint density at radius 3 is 2.26 bits per heavy atom. The molecule has 0 bridgehead atoms. The molecule has 0 amide bonds. The molecule has 4 atom stereocenters. The van der Waals surface area contributed by atoms with Gasteiger partial charge < -0.3 is 14.6 Å². The van der Waals surface area contributed by atoms with Crippen LogP contribution < -0.4 is 9.47 Å². The van der Waals surface area contributed by atoms with E-state index in [9.17, 15) is 5.11 Å². The van der Waals surface area contributed by atoms with Crippen molar-refractivity contribution in [2.24, 2.45) is 11.3 Å². The van der Waals surface area contributed by atoms with E-state index in [1.165, 1.54) is 17.5 Å². The Morgan fingerprint density at radius 2 is 1.59 bits per heavy atom. The number of fused-ring (bicyclic) bond motifs is 3. The molecule has 3 heteroatoms. The first-order valence-corrected chi connectivity index (χ1v) is 9.93. The molecule has 0 heterocycles. The zero-order valence-electron chi connectivity index (χ0n) is 16.7. The van der Waals surface area contributed by atoms with Crippen molar-refractivity contribution in [2.45, 2.75) is 51.0 Å². The predicted octanol–water partition coefficient (Wildman–Crippen LogP) is 5.44. The van der Waals surface area contributed by atoms with Gasteiger partial charge in [0.15, 0.2) is 0 Å². The van der Waals surface area contributed by atoms with Crippen LogP contribution >= 0.6 is 0 Å². The zero-order chi connectivity index (χ0) is 19.2. The maximum Gasteiger partial charge on any atom is 0.119 e. The van der Waals surface area contributed by atoms with Gasteiger partial charge in [-0.05, 0) is 77.5 Å². The minimum absolute atomic E-state index is 0.123. The summed E-state index contributed by atoms with van der Waals surface area (Å²) >= 11 is 0. The average Bonchev–Trinajstić information content (AvgIpc) is 2.68. The van der Waals surface area contributed by atoms with Crippen LogP contribution in [0, 0.1) is 11.3 Å². The highest BCUT2D eigenvalue weighted by atomic mass is 16.5. The summed E-state index contributed by atoms with van der Waals surface area (Å²) in [7, 11) is 3.40. The highest BCUT2D eigenvalue weighted by Gasteiger charge is 2.47. The van der Waals surface area contributed by atoms with E-state index in [0.29, 0.717) is 17.3 Å². The third kappa shape index (κ3) is 3.23. The fourth-order valence-electron chi connectivity index (χ4n) is 5.33. The Bertz CT molecular complexity index is 809. The van der Waals surface area contributed by atoms with Crippen molar-refractivity contribution in [1.29, 1.82) is 0 Å². The largest absolute Gasteiger partial charge is 0.497 e. The van der Waals surface area contributed by atoms with Crippen LogP contribution in [0.2, 0.25) is 0 Å². The molecule has 0 saturated heterocycles. The quantitative estimate of drug-likeness (QED) is 0.785. The van der Waals surface area contributed by atoms with Crippen LogP contribution in [0.4, 0.5) is 0 Å². The molecule has 144 valence electrons. The lowest BCUT2D eigenvalue weighted by atomic mass is 9.56. The van der Waals surface area contributed by atoms with E-state index < -0.39 is 6.10 Å². The molecule has 0 aliphatic heterocycles. The topological polar surface area (TPSA) is 38.7 Å². The van der Waals surface area contributed by atoms with E-state index in [4.69, 9.17) is 9.47 Å². The van der Waals surface area contributed by atoms with Gasteiger partial charge in [0.25, 0.3) is 0 Å². The summed E-state index contributed by atoms with van der Waals surface area (Å²) < 4.78 is 10.8. The number of methoxy groups -OCH3 is 2. The van der Waals surface area contributed by atoms with Crippen molar-refractivity contribution >= 4 is 0 Å². The molecule has 2 aliphatic carbocycles. The molecular weight excluding hydrogens is 336 g/mol. The monoisotopic (exact) mass is 366 g/mol. The van der Waals surface area contributed by atoms with Crippen LogP contribution in [0.5, 0.6) is 11.5 Å². The first-order valence-electron chi connectivity index (χ1n) is 9.93. The van der Waals surface area contributed by atoms with Gasteiger partial charge in [0.05, 0.1) is 20.3 Å². The van der Waals surface area contributed by atoms with Crippen molar-refractivity contribution in [2.75, 3.05) is 14.2 Å². The first-order chi connectivity index (χ1) is 12.9. The van der Waals surface area contributed by atoms with E-state index in [1.54, 1.807) is 14.2 Å². The summed E-state index contributed by atoms with van der Waals surface area (Å²) in [5.41, 5.74) is 3.88. The summed E-state index contributed by atoms with van der Waals surface area (Å²) in [6.45, 7) is 4.74. The molecule has 2 aromatic rings. The number of ether oxygens (including phenoxy) is 2. The molecule has 2 unspecified atom stereocenters. The van der Waals surface area contributed by atoms with Crippen LogP contribution in [0.3, 0.4) is 0 Å². The lowest BCUT2D eigenvalue weighted by Gasteiger charge is -2.49. The standard InChI is InChI=1S/C24H30O3/c1-24(2)12-11-18-21(14-24)20-13-17(27-4)9-10-19(20)23(25)22(18)15-5-7-16(26-3)8-6-15/h5-10,13,18,21-23,25H,11-12,14H2,1-4H3/t18-,21+,22?,23?/m0/s1. The number of hydrogen-bond donors (Lipinski definition) is 1. The third-order valence-electron chi connectivity index (χ3n) is 6.76. The number of aliphatic hydroxyl groups is 1. The molecule has 27 heavy (non-hydrogen) atoms. The van der Waals surface area contributed by atoms with E-state index >= 15 is 0 Å². The second-order valence-electron chi connectivity index (χ2n) is 8.92. The minimum Gasteiger partial charge on any atom is -0.497 e. The second kappa shape index (κ2) is 6.87. The summed E-state index contributed by atoms with van der Waals surface area (Å²) in [6, 6.07) is 14.5. The first kappa shape index (κ1) is 18.4. The molecule has 2 aromatic carbocycles. The van der Waals surface area contributed by atoms with Crippen LogP contribution in [0.1, 0.15) is 67.7 Å². The highest BCUT2D eigenvalue weighted by Crippen LogP contribution is 2.59. The summed E-state index contributed by atoms with van der Waals surface area (Å²) in [5.74, 6) is 2.76. The molecule has 1 fully saturated rings. The van der Waals surface area contributed by atoms with Gasteiger partial charge in [0.1, 0.15) is 11.5 Å². The van der Waals surface area contributed by atoms with Crippen molar-refractivity contribution in [1.82, 2.24) is 0 Å². The Balaban J connectivity index is 1.81. The van der Waals surface area contributed by atoms with Crippen LogP contribution in [-0.4, -0.2) is 19.3 Å². The molecule has 4 rings (SSSR count). The van der Waals surface area contributed by atoms with Gasteiger partial charge in [-0.3, -0.25) is 0 Å². The maximum atomic E-state index is 11.4. The van der Waals surface area contributed by atoms with Crippen LogP contribution in [0.25, 0.3) is 0 Å². The summed E-state index contributed by atoms with van der Waals surface area (Å²) in [4.78, 5) is 0. The fourth-order valence-corrected chi connectivity index (χ4v) is 5.33. The van der Waals surface area contributed by atoms with Crippen LogP contribution in [0.15, 0.2) is 42.5 Å².